The molecule has 3 nitrogen and oxygen atoms in total. The Labute approximate surface area is 111 Å². The first-order chi connectivity index (χ1) is 8.56. The monoisotopic (exact) mass is 270 g/mol. The van der Waals surface area contributed by atoms with Gasteiger partial charge >= 0.3 is 0 Å². The van der Waals surface area contributed by atoms with Crippen LogP contribution < -0.4 is 11.1 Å². The number of benzene rings is 1. The lowest BCUT2D eigenvalue weighted by Gasteiger charge is -2.25. The first-order valence-electron chi connectivity index (χ1n) is 6.08. The number of nitrogens with two attached hydrogens (primary N) is 1. The second-order valence-electron chi connectivity index (χ2n) is 4.74. The van der Waals surface area contributed by atoms with Gasteiger partial charge < -0.3 is 11.1 Å². The highest BCUT2D eigenvalue weighted by Gasteiger charge is 2.25. The van der Waals surface area contributed by atoms with E-state index in [4.69, 9.17) is 17.3 Å². The second kappa shape index (κ2) is 5.67. The SMILES string of the molecule is NC1CCCC(C(=O)Nc2ccc(F)c(Cl)c2)C1. The summed E-state index contributed by atoms with van der Waals surface area (Å²) in [4.78, 5) is 12.0. The Hall–Kier alpha value is -1.13. The minimum Gasteiger partial charge on any atom is -0.328 e. The van der Waals surface area contributed by atoms with E-state index in [1.54, 1.807) is 0 Å². The van der Waals surface area contributed by atoms with Gasteiger partial charge in [0, 0.05) is 17.6 Å². The standard InChI is InChI=1S/C13H16ClFN2O/c14-11-7-10(4-5-12(11)15)17-13(18)8-2-1-3-9(16)6-8/h4-5,7-9H,1-3,6,16H2,(H,17,18). The number of anilines is 1. The molecule has 0 aliphatic heterocycles. The smallest absolute Gasteiger partial charge is 0.227 e. The Bertz CT molecular complexity index is 453. The van der Waals surface area contributed by atoms with Crippen LogP contribution in [0.2, 0.25) is 5.02 Å². The molecule has 98 valence electrons. The zero-order chi connectivity index (χ0) is 13.1. The van der Waals surface area contributed by atoms with Gasteiger partial charge in [0.1, 0.15) is 5.82 Å². The molecule has 1 aliphatic rings. The summed E-state index contributed by atoms with van der Waals surface area (Å²) in [5.41, 5.74) is 6.37. The van der Waals surface area contributed by atoms with Crippen molar-refractivity contribution < 1.29 is 9.18 Å². The summed E-state index contributed by atoms with van der Waals surface area (Å²) in [5, 5.41) is 2.76. The average molecular weight is 271 g/mol. The van der Waals surface area contributed by atoms with Crippen molar-refractivity contribution in [2.75, 3.05) is 5.32 Å². The molecule has 0 aromatic heterocycles. The minimum atomic E-state index is -0.491. The molecule has 0 saturated heterocycles. The van der Waals surface area contributed by atoms with E-state index in [1.807, 2.05) is 0 Å². The summed E-state index contributed by atoms with van der Waals surface area (Å²) in [6.45, 7) is 0. The number of carbonyl (C=O) groups excluding carboxylic acids is 1. The van der Waals surface area contributed by atoms with Crippen molar-refractivity contribution in [3.05, 3.63) is 29.0 Å². The zero-order valence-corrected chi connectivity index (χ0v) is 10.7. The van der Waals surface area contributed by atoms with Gasteiger partial charge in [0.25, 0.3) is 0 Å². The maximum absolute atomic E-state index is 13.0. The quantitative estimate of drug-likeness (QED) is 0.868. The highest BCUT2D eigenvalue weighted by molar-refractivity contribution is 6.31. The third-order valence-electron chi connectivity index (χ3n) is 3.27. The van der Waals surface area contributed by atoms with Crippen LogP contribution in [0.5, 0.6) is 0 Å². The number of hydrogen-bond donors (Lipinski definition) is 2. The first kappa shape index (κ1) is 13.3. The molecule has 0 heterocycles. The van der Waals surface area contributed by atoms with Gasteiger partial charge in [0.2, 0.25) is 5.91 Å². The lowest BCUT2D eigenvalue weighted by atomic mass is 9.85. The molecule has 1 aromatic rings. The van der Waals surface area contributed by atoms with Crippen LogP contribution in [0.4, 0.5) is 10.1 Å². The summed E-state index contributed by atoms with van der Waals surface area (Å²) in [7, 11) is 0. The molecule has 2 rings (SSSR count). The highest BCUT2D eigenvalue weighted by atomic mass is 35.5. The molecule has 2 unspecified atom stereocenters. The molecular weight excluding hydrogens is 255 g/mol. The minimum absolute atomic E-state index is 0.00754. The molecule has 1 aromatic carbocycles. The zero-order valence-electron chi connectivity index (χ0n) is 9.96. The molecule has 1 fully saturated rings. The van der Waals surface area contributed by atoms with Crippen molar-refractivity contribution >= 4 is 23.2 Å². The van der Waals surface area contributed by atoms with E-state index < -0.39 is 5.82 Å². The first-order valence-corrected chi connectivity index (χ1v) is 6.45. The van der Waals surface area contributed by atoms with Gasteiger partial charge in [-0.15, -0.1) is 0 Å². The molecule has 0 bridgehead atoms. The Morgan fingerprint density at radius 3 is 2.89 bits per heavy atom. The van der Waals surface area contributed by atoms with Crippen LogP contribution in [0.1, 0.15) is 25.7 Å². The summed E-state index contributed by atoms with van der Waals surface area (Å²) < 4.78 is 13.0. The van der Waals surface area contributed by atoms with Gasteiger partial charge in [-0.1, -0.05) is 18.0 Å². The van der Waals surface area contributed by atoms with Gasteiger partial charge in [0.05, 0.1) is 5.02 Å². The van der Waals surface area contributed by atoms with Crippen LogP contribution in [0.3, 0.4) is 0 Å². The molecule has 0 radical (unpaired) electrons. The van der Waals surface area contributed by atoms with E-state index >= 15 is 0 Å². The van der Waals surface area contributed by atoms with Gasteiger partial charge in [-0.2, -0.15) is 0 Å². The fourth-order valence-corrected chi connectivity index (χ4v) is 2.46. The van der Waals surface area contributed by atoms with Crippen molar-refractivity contribution in [3.63, 3.8) is 0 Å². The van der Waals surface area contributed by atoms with Gasteiger partial charge in [0.15, 0.2) is 0 Å². The third kappa shape index (κ3) is 3.21. The maximum atomic E-state index is 13.0. The van der Waals surface area contributed by atoms with E-state index in [2.05, 4.69) is 5.32 Å². The number of nitrogens with one attached hydrogen (secondary N) is 1. The molecule has 1 amide bonds. The number of rotatable bonds is 2. The summed E-state index contributed by atoms with van der Waals surface area (Å²) in [5.74, 6) is -0.611. The second-order valence-corrected chi connectivity index (χ2v) is 5.15. The molecule has 5 heteroatoms. The van der Waals surface area contributed by atoms with E-state index in [1.165, 1.54) is 18.2 Å². The van der Waals surface area contributed by atoms with Crippen molar-refractivity contribution in [3.8, 4) is 0 Å². The molecule has 0 spiro atoms. The fraction of sp³-hybridized carbons (Fsp3) is 0.462. The molecule has 3 N–H and O–H groups in total. The van der Waals surface area contributed by atoms with E-state index in [9.17, 15) is 9.18 Å². The summed E-state index contributed by atoms with van der Waals surface area (Å²) in [6, 6.07) is 4.26. The van der Waals surface area contributed by atoms with Crippen LogP contribution in [0.15, 0.2) is 18.2 Å². The normalized spacial score (nSPS) is 23.7. The molecule has 1 saturated carbocycles. The van der Waals surface area contributed by atoms with Crippen LogP contribution in [-0.2, 0) is 4.79 Å². The van der Waals surface area contributed by atoms with Gasteiger partial charge in [-0.25, -0.2) is 4.39 Å². The molecular formula is C13H16ClFN2O. The van der Waals surface area contributed by atoms with Crippen LogP contribution in [0, 0.1) is 11.7 Å². The van der Waals surface area contributed by atoms with E-state index in [0.29, 0.717) is 12.1 Å². The van der Waals surface area contributed by atoms with Crippen LogP contribution >= 0.6 is 11.6 Å². The van der Waals surface area contributed by atoms with Crippen LogP contribution in [-0.4, -0.2) is 11.9 Å². The van der Waals surface area contributed by atoms with Gasteiger partial charge in [-0.05, 0) is 37.5 Å². The largest absolute Gasteiger partial charge is 0.328 e. The van der Waals surface area contributed by atoms with Crippen molar-refractivity contribution in [2.24, 2.45) is 11.7 Å². The number of halogens is 2. The third-order valence-corrected chi connectivity index (χ3v) is 3.56. The molecule has 2 atom stereocenters. The Balaban J connectivity index is 2.00. The number of amides is 1. The highest BCUT2D eigenvalue weighted by Crippen LogP contribution is 2.25. The van der Waals surface area contributed by atoms with Crippen molar-refractivity contribution in [1.29, 1.82) is 0 Å². The number of hydrogen-bond acceptors (Lipinski definition) is 2. The predicted octanol–water partition coefficient (Wildman–Crippen LogP) is 2.94. The Morgan fingerprint density at radius 2 is 2.22 bits per heavy atom. The van der Waals surface area contributed by atoms with E-state index in [0.717, 1.165) is 19.3 Å². The van der Waals surface area contributed by atoms with E-state index in [-0.39, 0.29) is 22.9 Å². The average Bonchev–Trinajstić information content (AvgIpc) is 2.34. The topological polar surface area (TPSA) is 55.1 Å². The fourth-order valence-electron chi connectivity index (χ4n) is 2.28. The number of carbonyl (C=O) groups is 1. The Kier molecular flexibility index (Phi) is 4.19. The molecule has 1 aliphatic carbocycles. The lowest BCUT2D eigenvalue weighted by molar-refractivity contribution is -0.120. The summed E-state index contributed by atoms with van der Waals surface area (Å²) in [6.07, 6.45) is 3.52. The maximum Gasteiger partial charge on any atom is 0.227 e. The van der Waals surface area contributed by atoms with Gasteiger partial charge in [-0.3, -0.25) is 4.79 Å². The predicted molar refractivity (Wildman–Crippen MR) is 70.0 cm³/mol. The Morgan fingerprint density at radius 1 is 1.44 bits per heavy atom. The summed E-state index contributed by atoms with van der Waals surface area (Å²) >= 11 is 5.66. The van der Waals surface area contributed by atoms with Crippen molar-refractivity contribution in [2.45, 2.75) is 31.7 Å². The van der Waals surface area contributed by atoms with Crippen molar-refractivity contribution in [1.82, 2.24) is 0 Å². The lowest BCUT2D eigenvalue weighted by Crippen LogP contribution is -2.34. The van der Waals surface area contributed by atoms with Crippen LogP contribution in [0.25, 0.3) is 0 Å². The molecule has 18 heavy (non-hydrogen) atoms.